The van der Waals surface area contributed by atoms with Crippen LogP contribution < -0.4 is 0 Å². The molecule has 0 amide bonds. The van der Waals surface area contributed by atoms with E-state index in [9.17, 15) is 0 Å². The van der Waals surface area contributed by atoms with E-state index in [1.54, 1.807) is 17.6 Å². The van der Waals surface area contributed by atoms with Gasteiger partial charge in [-0.3, -0.25) is 0 Å². The van der Waals surface area contributed by atoms with Gasteiger partial charge in [-0.25, -0.2) is 0 Å². The first-order chi connectivity index (χ1) is 8.29. The molecule has 0 spiro atoms. The Hall–Kier alpha value is 0.0829. The molecule has 0 rings (SSSR count). The third-order valence-corrected chi connectivity index (χ3v) is 10.7. The van der Waals surface area contributed by atoms with Crippen LogP contribution in [-0.2, 0) is 4.74 Å². The van der Waals surface area contributed by atoms with Crippen LogP contribution in [0.3, 0.4) is 0 Å². The monoisotopic (exact) mass is 301 g/mol. The van der Waals surface area contributed by atoms with Crippen LogP contribution in [0.15, 0.2) is 12.3 Å². The molecule has 1 nitrogen and oxygen atoms in total. The normalized spacial score (nSPS) is 13.5. The number of rotatable bonds is 11. The van der Waals surface area contributed by atoms with Crippen LogP contribution in [-0.4, -0.2) is 21.5 Å². The molecule has 0 aliphatic heterocycles. The second-order valence-electron chi connectivity index (χ2n) is 4.82. The van der Waals surface area contributed by atoms with Gasteiger partial charge in [-0.05, 0) is 0 Å². The summed E-state index contributed by atoms with van der Waals surface area (Å²) in [6, 6.07) is 0. The Morgan fingerprint density at radius 2 is 1.59 bits per heavy atom. The summed E-state index contributed by atoms with van der Waals surface area (Å²) in [5.74, 6) is 0. The van der Waals surface area contributed by atoms with Crippen molar-refractivity contribution in [1.29, 1.82) is 0 Å². The maximum atomic E-state index is 5.12. The quantitative estimate of drug-likeness (QED) is 0.366. The van der Waals surface area contributed by atoms with Gasteiger partial charge in [0.1, 0.15) is 0 Å². The fourth-order valence-electron chi connectivity index (χ4n) is 2.22. The molecule has 1 atom stereocenters. The minimum atomic E-state index is -0.893. The van der Waals surface area contributed by atoms with Gasteiger partial charge in [0.2, 0.25) is 0 Å². The molecule has 0 aromatic rings. The topological polar surface area (TPSA) is 9.23 Å². The van der Waals surface area contributed by atoms with E-state index in [1.807, 2.05) is 6.26 Å². The van der Waals surface area contributed by atoms with E-state index in [-0.39, 0.29) is 0 Å². The average Bonchev–Trinajstić information content (AvgIpc) is 2.35. The van der Waals surface area contributed by atoms with Crippen molar-refractivity contribution >= 4 is 14.3 Å². The predicted molar refractivity (Wildman–Crippen MR) is 80.0 cm³/mol. The summed E-state index contributed by atoms with van der Waals surface area (Å²) in [4.78, 5) is 0. The Morgan fingerprint density at radius 3 is 2.00 bits per heavy atom. The minimum absolute atomic E-state index is 0.887. The van der Waals surface area contributed by atoms with Crippen LogP contribution in [0.4, 0.5) is 0 Å². The zero-order chi connectivity index (χ0) is 12.9. The molecule has 1 unspecified atom stereocenters. The van der Waals surface area contributed by atoms with Crippen LogP contribution in [0, 0.1) is 0 Å². The molecule has 0 saturated carbocycles. The Bertz CT molecular complexity index is 172. The average molecular weight is 300 g/mol. The number of hydrogen-bond donors (Lipinski definition) is 0. The van der Waals surface area contributed by atoms with Gasteiger partial charge < -0.3 is 0 Å². The SMILES string of the molecule is CCC[CH2][Ge]([CH2]CCC)[CH](/C=C\OC)CCC. The van der Waals surface area contributed by atoms with E-state index in [2.05, 4.69) is 26.8 Å². The molecule has 0 fully saturated rings. The zero-order valence-electron chi connectivity index (χ0n) is 12.3. The van der Waals surface area contributed by atoms with E-state index < -0.39 is 14.3 Å². The van der Waals surface area contributed by atoms with Crippen LogP contribution in [0.2, 0.25) is 15.3 Å². The molecule has 0 aliphatic carbocycles. The first kappa shape index (κ1) is 17.1. The third kappa shape index (κ3) is 8.76. The van der Waals surface area contributed by atoms with E-state index in [1.165, 1.54) is 38.5 Å². The number of unbranched alkanes of at least 4 members (excludes halogenated alkanes) is 2. The van der Waals surface area contributed by atoms with Crippen molar-refractivity contribution in [2.24, 2.45) is 0 Å². The summed E-state index contributed by atoms with van der Waals surface area (Å²) in [6.45, 7) is 6.94. The summed E-state index contributed by atoms with van der Waals surface area (Å²) < 4.78 is 6.01. The van der Waals surface area contributed by atoms with Crippen LogP contribution in [0.5, 0.6) is 0 Å². The first-order valence-electron chi connectivity index (χ1n) is 7.34. The van der Waals surface area contributed by atoms with Crippen LogP contribution >= 0.6 is 0 Å². The maximum absolute atomic E-state index is 5.12. The molecule has 0 bridgehead atoms. The Morgan fingerprint density at radius 1 is 1.00 bits per heavy atom. The molecule has 0 aromatic carbocycles. The van der Waals surface area contributed by atoms with Gasteiger partial charge in [0.25, 0.3) is 0 Å². The molecule has 0 heterocycles. The number of ether oxygens (including phenoxy) is 1. The second kappa shape index (κ2) is 12.5. The Labute approximate surface area is 113 Å². The molecule has 0 aromatic heterocycles. The Balaban J connectivity index is 4.36. The van der Waals surface area contributed by atoms with Crippen LogP contribution in [0.1, 0.15) is 59.3 Å². The molecule has 101 valence electrons. The predicted octanol–water partition coefficient (Wildman–Crippen LogP) is 5.41. The van der Waals surface area contributed by atoms with Crippen molar-refractivity contribution in [3.8, 4) is 0 Å². The van der Waals surface area contributed by atoms with Gasteiger partial charge in [0, 0.05) is 0 Å². The van der Waals surface area contributed by atoms with Crippen molar-refractivity contribution in [3.63, 3.8) is 0 Å². The molecular formula is C15H31GeO. The van der Waals surface area contributed by atoms with Gasteiger partial charge in [-0.1, -0.05) is 0 Å². The Kier molecular flexibility index (Phi) is 12.6. The summed E-state index contributed by atoms with van der Waals surface area (Å²) in [5.41, 5.74) is 0. The number of hydrogen-bond acceptors (Lipinski definition) is 1. The van der Waals surface area contributed by atoms with Gasteiger partial charge in [-0.15, -0.1) is 0 Å². The molecule has 0 N–H and O–H groups in total. The van der Waals surface area contributed by atoms with Gasteiger partial charge >= 0.3 is 113 Å². The summed E-state index contributed by atoms with van der Waals surface area (Å²) in [7, 11) is 1.76. The van der Waals surface area contributed by atoms with Crippen molar-refractivity contribution in [1.82, 2.24) is 0 Å². The van der Waals surface area contributed by atoms with E-state index in [0.29, 0.717) is 0 Å². The van der Waals surface area contributed by atoms with Crippen LogP contribution in [0.25, 0.3) is 0 Å². The van der Waals surface area contributed by atoms with Crippen molar-refractivity contribution in [3.05, 3.63) is 12.3 Å². The summed E-state index contributed by atoms with van der Waals surface area (Å²) in [6.07, 6.45) is 12.6. The van der Waals surface area contributed by atoms with E-state index in [0.717, 1.165) is 4.75 Å². The van der Waals surface area contributed by atoms with Gasteiger partial charge in [-0.2, -0.15) is 0 Å². The molecule has 17 heavy (non-hydrogen) atoms. The standard InChI is InChI=1S/C15H31GeO/c1-5-8-12-16(13-9-6-2)15(10-7-3)11-14-17-4/h11,14-15H,5-10,12-13H2,1-4H3/b14-11-. The molecule has 1 radical (unpaired) electrons. The fourth-order valence-corrected chi connectivity index (χ4v) is 9.89. The van der Waals surface area contributed by atoms with Gasteiger partial charge in [0.05, 0.1) is 0 Å². The second-order valence-corrected chi connectivity index (χ2v) is 11.2. The zero-order valence-corrected chi connectivity index (χ0v) is 14.4. The van der Waals surface area contributed by atoms with Crippen molar-refractivity contribution < 1.29 is 4.74 Å². The molecule has 0 saturated heterocycles. The number of methoxy groups -OCH3 is 1. The molecule has 0 aliphatic rings. The van der Waals surface area contributed by atoms with Crippen molar-refractivity contribution in [2.45, 2.75) is 74.6 Å². The summed E-state index contributed by atoms with van der Waals surface area (Å²) in [5, 5.41) is 3.10. The molecular weight excluding hydrogens is 269 g/mol. The van der Waals surface area contributed by atoms with E-state index >= 15 is 0 Å². The van der Waals surface area contributed by atoms with E-state index in [4.69, 9.17) is 4.74 Å². The number of allylic oxidation sites excluding steroid dienone is 1. The first-order valence-corrected chi connectivity index (χ1v) is 11.5. The van der Waals surface area contributed by atoms with Crippen molar-refractivity contribution in [2.75, 3.05) is 7.11 Å². The molecule has 2 heteroatoms. The third-order valence-electron chi connectivity index (χ3n) is 3.27. The van der Waals surface area contributed by atoms with Gasteiger partial charge in [0.15, 0.2) is 0 Å². The summed E-state index contributed by atoms with van der Waals surface area (Å²) >= 11 is -0.893. The fraction of sp³-hybridized carbons (Fsp3) is 0.867.